The molecule has 0 saturated carbocycles. The number of nitro groups is 1. The van der Waals surface area contributed by atoms with Crippen molar-refractivity contribution in [3.05, 3.63) is 100 Å². The Morgan fingerprint density at radius 3 is 1.91 bits per heavy atom. The average molecular weight is 607 g/mol. The molecule has 8 heteroatoms. The summed E-state index contributed by atoms with van der Waals surface area (Å²) in [6.07, 6.45) is 1.11. The topological polar surface area (TPSA) is 116 Å². The lowest BCUT2D eigenvalue weighted by molar-refractivity contribution is -0.384. The largest absolute Gasteiger partial charge is 0.460 e. The van der Waals surface area contributed by atoms with Crippen LogP contribution in [0.15, 0.2) is 78.9 Å². The molecule has 1 N–H and O–H groups in total. The summed E-state index contributed by atoms with van der Waals surface area (Å²) in [5, 5.41) is 20.7. The summed E-state index contributed by atoms with van der Waals surface area (Å²) in [6, 6.07) is 24.3. The predicted octanol–water partition coefficient (Wildman–Crippen LogP) is 7.83. The van der Waals surface area contributed by atoms with Gasteiger partial charge in [0.2, 0.25) is 5.91 Å². The number of esters is 1. The van der Waals surface area contributed by atoms with Crippen molar-refractivity contribution in [3.8, 4) is 0 Å². The van der Waals surface area contributed by atoms with Crippen molar-refractivity contribution in [1.82, 2.24) is 5.32 Å². The van der Waals surface area contributed by atoms with E-state index in [0.717, 1.165) is 32.5 Å². The summed E-state index contributed by atoms with van der Waals surface area (Å²) in [7, 11) is 0. The lowest BCUT2D eigenvalue weighted by Gasteiger charge is -2.39. The molecule has 0 saturated heterocycles. The van der Waals surface area contributed by atoms with E-state index in [9.17, 15) is 24.5 Å². The smallest absolute Gasteiger partial charge is 0.320 e. The molecule has 0 bridgehead atoms. The minimum absolute atomic E-state index is 0.0646. The Balaban J connectivity index is 1.39. The van der Waals surface area contributed by atoms with Crippen molar-refractivity contribution in [3.63, 3.8) is 0 Å². The van der Waals surface area contributed by atoms with E-state index in [1.54, 1.807) is 13.8 Å². The molecule has 5 aromatic rings. The van der Waals surface area contributed by atoms with Crippen LogP contribution in [0.2, 0.25) is 0 Å². The summed E-state index contributed by atoms with van der Waals surface area (Å²) in [4.78, 5) is 52.3. The number of hydrogen-bond donors (Lipinski definition) is 1. The van der Waals surface area contributed by atoms with Gasteiger partial charge in [-0.15, -0.1) is 0 Å². The highest BCUT2D eigenvalue weighted by Gasteiger charge is 2.53. The molecule has 8 nitrogen and oxygen atoms in total. The number of rotatable bonds is 13. The Bertz CT molecular complexity index is 1870. The Morgan fingerprint density at radius 1 is 0.756 bits per heavy atom. The first-order valence-corrected chi connectivity index (χ1v) is 15.5. The van der Waals surface area contributed by atoms with Gasteiger partial charge in [0.05, 0.1) is 16.9 Å². The van der Waals surface area contributed by atoms with Crippen molar-refractivity contribution < 1.29 is 24.0 Å². The number of amides is 1. The van der Waals surface area contributed by atoms with Crippen LogP contribution >= 0.6 is 0 Å². The molecule has 0 radical (unpaired) electrons. The minimum Gasteiger partial charge on any atom is -0.460 e. The van der Waals surface area contributed by atoms with Gasteiger partial charge in [-0.1, -0.05) is 82.3 Å². The van der Waals surface area contributed by atoms with Crippen LogP contribution in [0.25, 0.3) is 32.3 Å². The summed E-state index contributed by atoms with van der Waals surface area (Å²) >= 11 is 0. The summed E-state index contributed by atoms with van der Waals surface area (Å²) in [6.45, 7) is 7.11. The van der Waals surface area contributed by atoms with Gasteiger partial charge < -0.3 is 10.1 Å². The predicted molar refractivity (Wildman–Crippen MR) is 176 cm³/mol. The molecule has 0 aromatic heterocycles. The van der Waals surface area contributed by atoms with Crippen molar-refractivity contribution in [2.45, 2.75) is 71.9 Å². The van der Waals surface area contributed by atoms with Crippen LogP contribution in [0.3, 0.4) is 0 Å². The first kappa shape index (κ1) is 31.6. The van der Waals surface area contributed by atoms with Crippen molar-refractivity contribution in [2.24, 2.45) is 5.41 Å². The van der Waals surface area contributed by atoms with Crippen LogP contribution in [0.1, 0.15) is 64.5 Å². The zero-order valence-corrected chi connectivity index (χ0v) is 26.1. The fourth-order valence-electron chi connectivity index (χ4n) is 6.65. The Labute approximate surface area is 262 Å². The van der Waals surface area contributed by atoms with Crippen LogP contribution in [-0.2, 0) is 32.1 Å². The zero-order valence-electron chi connectivity index (χ0n) is 26.1. The van der Waals surface area contributed by atoms with Crippen LogP contribution in [-0.4, -0.2) is 28.1 Å². The number of benzene rings is 5. The monoisotopic (exact) mass is 606 g/mol. The highest BCUT2D eigenvalue weighted by atomic mass is 16.6. The van der Waals surface area contributed by atoms with Crippen molar-refractivity contribution in [1.29, 1.82) is 0 Å². The van der Waals surface area contributed by atoms with Crippen molar-refractivity contribution >= 4 is 55.7 Å². The van der Waals surface area contributed by atoms with Crippen molar-refractivity contribution in [2.75, 3.05) is 0 Å². The van der Waals surface area contributed by atoms with E-state index >= 15 is 0 Å². The van der Waals surface area contributed by atoms with Crippen LogP contribution in [0.4, 0.5) is 5.69 Å². The maximum atomic E-state index is 14.4. The SMILES string of the molecule is CCC(CC)(NC(=O)Cc1ccc2ccc3cccc4ccc1c2c34)C(=O)C(CC)(CC)C(=O)OCc1ccc([N+](=O)[O-])cc1. The number of non-ortho nitro benzene ring substituents is 1. The number of carbonyl (C=O) groups excluding carboxylic acids is 3. The second-order valence-corrected chi connectivity index (χ2v) is 11.7. The summed E-state index contributed by atoms with van der Waals surface area (Å²) < 4.78 is 5.64. The third-order valence-corrected chi connectivity index (χ3v) is 9.54. The van der Waals surface area contributed by atoms with Gasteiger partial charge in [0.25, 0.3) is 5.69 Å². The number of nitro benzene ring substituents is 1. The maximum absolute atomic E-state index is 14.4. The standard InChI is InChI=1S/C37H38N2O6/c1-5-36(6-2,35(42)45-23-24-12-19-29(20-13-24)39(43)44)34(41)37(7-3,8-4)38-31(40)22-28-17-16-27-15-14-25-10-9-11-26-18-21-30(28)33(27)32(25)26/h9-21H,5-8,22-23H2,1-4H3,(H,38,40). The van der Waals surface area contributed by atoms with Gasteiger partial charge in [-0.2, -0.15) is 0 Å². The molecule has 5 aromatic carbocycles. The third kappa shape index (κ3) is 5.61. The fraction of sp³-hybridized carbons (Fsp3) is 0.324. The lowest BCUT2D eigenvalue weighted by Crippen LogP contribution is -2.61. The van der Waals surface area contributed by atoms with E-state index in [0.29, 0.717) is 18.4 Å². The molecule has 0 fully saturated rings. The molecule has 5 rings (SSSR count). The number of ether oxygens (including phenoxy) is 1. The highest BCUT2D eigenvalue weighted by Crippen LogP contribution is 2.38. The minimum atomic E-state index is -1.47. The summed E-state index contributed by atoms with van der Waals surface area (Å²) in [5.74, 6) is -1.31. The first-order chi connectivity index (χ1) is 21.6. The second-order valence-electron chi connectivity index (χ2n) is 11.7. The number of ketones is 1. The molecular formula is C37H38N2O6. The number of hydrogen-bond acceptors (Lipinski definition) is 6. The third-order valence-electron chi connectivity index (χ3n) is 9.54. The number of carbonyl (C=O) groups is 3. The molecular weight excluding hydrogens is 568 g/mol. The first-order valence-electron chi connectivity index (χ1n) is 15.5. The molecule has 45 heavy (non-hydrogen) atoms. The number of nitrogens with one attached hydrogen (secondary N) is 1. The van der Waals surface area contributed by atoms with E-state index in [4.69, 9.17) is 4.74 Å². The number of nitrogens with zero attached hydrogens (tertiary/aromatic N) is 1. The molecule has 232 valence electrons. The fourth-order valence-corrected chi connectivity index (χ4v) is 6.65. The molecule has 0 atom stereocenters. The Hall–Kier alpha value is -4.85. The molecule has 0 spiro atoms. The highest BCUT2D eigenvalue weighted by molar-refractivity contribution is 6.23. The number of Topliss-reactive ketones (excluding diaryl/α,β-unsaturated/α-hetero) is 1. The maximum Gasteiger partial charge on any atom is 0.320 e. The normalized spacial score (nSPS) is 12.1. The van der Waals surface area contributed by atoms with Gasteiger partial charge in [-0.05, 0) is 81.3 Å². The summed E-state index contributed by atoms with van der Waals surface area (Å²) in [5.41, 5.74) is -1.36. The quantitative estimate of drug-likeness (QED) is 0.0480. The van der Waals surface area contributed by atoms with Crippen LogP contribution in [0.5, 0.6) is 0 Å². The van der Waals surface area contributed by atoms with Gasteiger partial charge in [0.15, 0.2) is 5.78 Å². The molecule has 0 heterocycles. The van der Waals surface area contributed by atoms with Gasteiger partial charge in [0, 0.05) is 12.1 Å². The average Bonchev–Trinajstić information content (AvgIpc) is 3.06. The van der Waals surface area contributed by atoms with Gasteiger partial charge >= 0.3 is 5.97 Å². The zero-order chi connectivity index (χ0) is 32.4. The molecule has 1 amide bonds. The molecule has 0 aliphatic rings. The van der Waals surface area contributed by atoms with Crippen LogP contribution < -0.4 is 5.32 Å². The van der Waals surface area contributed by atoms with Crippen LogP contribution in [0, 0.1) is 15.5 Å². The molecule has 0 unspecified atom stereocenters. The van der Waals surface area contributed by atoms with E-state index in [1.165, 1.54) is 29.7 Å². The Kier molecular flexibility index (Phi) is 8.87. The van der Waals surface area contributed by atoms with E-state index in [2.05, 4.69) is 41.7 Å². The van der Waals surface area contributed by atoms with Gasteiger partial charge in [-0.3, -0.25) is 24.5 Å². The second kappa shape index (κ2) is 12.6. The van der Waals surface area contributed by atoms with Gasteiger partial charge in [-0.25, -0.2) is 0 Å². The van der Waals surface area contributed by atoms with E-state index in [1.807, 2.05) is 32.0 Å². The van der Waals surface area contributed by atoms with E-state index < -0.39 is 21.8 Å². The lowest BCUT2D eigenvalue weighted by atomic mass is 9.68. The molecule has 0 aliphatic heterocycles. The van der Waals surface area contributed by atoms with Gasteiger partial charge in [0.1, 0.15) is 12.0 Å². The van der Waals surface area contributed by atoms with E-state index in [-0.39, 0.29) is 43.2 Å². The Morgan fingerprint density at radius 2 is 1.33 bits per heavy atom. The molecule has 0 aliphatic carbocycles.